The smallest absolute Gasteiger partial charge is 0.245 e. The third-order valence-corrected chi connectivity index (χ3v) is 7.23. The van der Waals surface area contributed by atoms with Crippen molar-refractivity contribution in [2.75, 3.05) is 19.7 Å². The van der Waals surface area contributed by atoms with Gasteiger partial charge in [-0.2, -0.15) is 0 Å². The number of nitrogens with zero attached hydrogens (tertiary/aromatic N) is 1. The fourth-order valence-corrected chi connectivity index (χ4v) is 5.72. The minimum atomic E-state index is -0.993. The molecule has 2 bridgehead atoms. The van der Waals surface area contributed by atoms with E-state index in [1.165, 1.54) is 0 Å². The molecule has 3 fully saturated rings. The summed E-state index contributed by atoms with van der Waals surface area (Å²) in [6, 6.07) is -1.32. The quantitative estimate of drug-likeness (QED) is 0.421. The summed E-state index contributed by atoms with van der Waals surface area (Å²) in [7, 11) is 0. The van der Waals surface area contributed by atoms with Crippen LogP contribution in [0.5, 0.6) is 0 Å². The Kier molecular flexibility index (Phi) is 7.63. The van der Waals surface area contributed by atoms with Crippen molar-refractivity contribution in [3.63, 3.8) is 0 Å². The van der Waals surface area contributed by atoms with Gasteiger partial charge in [-0.3, -0.25) is 14.4 Å². The number of nitrogens with one attached hydrogen (secondary N) is 2. The molecular formula is C23H39N3O5. The Balaban J connectivity index is 1.94. The lowest BCUT2D eigenvalue weighted by Crippen LogP contribution is -2.59. The van der Waals surface area contributed by atoms with Crippen LogP contribution in [-0.2, 0) is 19.1 Å². The number of amides is 3. The van der Waals surface area contributed by atoms with E-state index < -0.39 is 29.5 Å². The Morgan fingerprint density at radius 3 is 2.48 bits per heavy atom. The summed E-state index contributed by atoms with van der Waals surface area (Å²) in [5.74, 6) is -1.94. The maximum absolute atomic E-state index is 13.7. The average molecular weight is 438 g/mol. The fourth-order valence-electron chi connectivity index (χ4n) is 5.72. The highest BCUT2D eigenvalue weighted by molar-refractivity contribution is 5.99. The van der Waals surface area contributed by atoms with Crippen molar-refractivity contribution in [3.05, 3.63) is 0 Å². The van der Waals surface area contributed by atoms with Crippen LogP contribution in [0.25, 0.3) is 0 Å². The maximum atomic E-state index is 13.7. The highest BCUT2D eigenvalue weighted by Crippen LogP contribution is 2.58. The van der Waals surface area contributed by atoms with Gasteiger partial charge in [-0.25, -0.2) is 0 Å². The zero-order chi connectivity index (χ0) is 22.8. The van der Waals surface area contributed by atoms with Gasteiger partial charge in [0.1, 0.15) is 11.6 Å². The SMILES string of the molecule is CCCCCNC(=O)C1N([C@@H](CO)C(C)C)C(=O)[C@@H]2[C@H](C(=O)NCCC)[C@@H]3CCC12O3. The standard InChI is InChI=1S/C23H39N3O5/c1-5-7-8-12-25-21(29)19-23-10-9-16(31-23)17(20(28)24-11-6-2)18(23)22(30)26(19)15(13-27)14(3)4/h14-19,27H,5-13H2,1-4H3,(H,24,28)(H,25,29)/t15-,16-,17+,18-,19?,23?/m0/s1. The van der Waals surface area contributed by atoms with Gasteiger partial charge in [0.15, 0.2) is 0 Å². The fraction of sp³-hybridized carbons (Fsp3) is 0.870. The number of carbonyl (C=O) groups is 3. The van der Waals surface area contributed by atoms with E-state index in [1.807, 2.05) is 20.8 Å². The monoisotopic (exact) mass is 437 g/mol. The molecule has 8 heteroatoms. The number of hydrogen-bond donors (Lipinski definition) is 3. The lowest BCUT2D eigenvalue weighted by Gasteiger charge is -2.38. The number of likely N-dealkylation sites (tertiary alicyclic amines) is 1. The number of unbranched alkanes of at least 4 members (excludes halogenated alkanes) is 2. The van der Waals surface area contributed by atoms with Crippen LogP contribution in [0.3, 0.4) is 0 Å². The van der Waals surface area contributed by atoms with Crippen molar-refractivity contribution >= 4 is 17.7 Å². The molecule has 3 saturated heterocycles. The molecular weight excluding hydrogens is 398 g/mol. The first-order valence-electron chi connectivity index (χ1n) is 12.0. The summed E-state index contributed by atoms with van der Waals surface area (Å²) >= 11 is 0. The van der Waals surface area contributed by atoms with Gasteiger partial charge in [0.25, 0.3) is 0 Å². The van der Waals surface area contributed by atoms with Crippen LogP contribution < -0.4 is 10.6 Å². The summed E-state index contributed by atoms with van der Waals surface area (Å²) in [6.45, 7) is 8.80. The minimum Gasteiger partial charge on any atom is -0.394 e. The molecule has 31 heavy (non-hydrogen) atoms. The number of hydrogen-bond acceptors (Lipinski definition) is 5. The van der Waals surface area contributed by atoms with Crippen molar-refractivity contribution < 1.29 is 24.2 Å². The van der Waals surface area contributed by atoms with Crippen LogP contribution in [0.2, 0.25) is 0 Å². The Morgan fingerprint density at radius 1 is 1.16 bits per heavy atom. The molecule has 3 aliphatic rings. The van der Waals surface area contributed by atoms with E-state index in [1.54, 1.807) is 4.90 Å². The first kappa shape index (κ1) is 24.0. The predicted molar refractivity (Wildman–Crippen MR) is 116 cm³/mol. The Labute approximate surface area is 185 Å². The average Bonchev–Trinajstić information content (AvgIpc) is 3.37. The molecule has 2 unspecified atom stereocenters. The van der Waals surface area contributed by atoms with Gasteiger partial charge in [-0.05, 0) is 31.6 Å². The van der Waals surface area contributed by atoms with Gasteiger partial charge < -0.3 is 25.4 Å². The molecule has 8 nitrogen and oxygen atoms in total. The van der Waals surface area contributed by atoms with E-state index in [0.717, 1.165) is 25.7 Å². The van der Waals surface area contributed by atoms with E-state index >= 15 is 0 Å². The zero-order valence-electron chi connectivity index (χ0n) is 19.4. The van der Waals surface area contributed by atoms with E-state index in [9.17, 15) is 19.5 Å². The van der Waals surface area contributed by atoms with Crippen LogP contribution in [0, 0.1) is 17.8 Å². The van der Waals surface area contributed by atoms with Crippen LogP contribution in [0.4, 0.5) is 0 Å². The second-order valence-corrected chi connectivity index (χ2v) is 9.58. The predicted octanol–water partition coefficient (Wildman–Crippen LogP) is 1.21. The second-order valence-electron chi connectivity index (χ2n) is 9.58. The molecule has 0 radical (unpaired) electrons. The molecule has 3 N–H and O–H groups in total. The number of ether oxygens (including phenoxy) is 1. The zero-order valence-corrected chi connectivity index (χ0v) is 19.4. The first-order chi connectivity index (χ1) is 14.8. The van der Waals surface area contributed by atoms with Crippen LogP contribution in [-0.4, -0.2) is 71.2 Å². The van der Waals surface area contributed by atoms with Gasteiger partial charge in [0.05, 0.1) is 30.6 Å². The highest BCUT2D eigenvalue weighted by Gasteiger charge is 2.75. The molecule has 3 amide bonds. The van der Waals surface area contributed by atoms with E-state index in [0.29, 0.717) is 25.9 Å². The third kappa shape index (κ3) is 4.09. The molecule has 1 spiro atoms. The lowest BCUT2D eigenvalue weighted by molar-refractivity contribution is -0.146. The third-order valence-electron chi connectivity index (χ3n) is 7.23. The Bertz CT molecular complexity index is 684. The summed E-state index contributed by atoms with van der Waals surface area (Å²) in [6.07, 6.45) is 4.65. The molecule has 0 aromatic carbocycles. The molecule has 0 aromatic rings. The van der Waals surface area contributed by atoms with Crippen molar-refractivity contribution in [1.29, 1.82) is 0 Å². The summed E-state index contributed by atoms with van der Waals surface area (Å²) in [5.41, 5.74) is -0.993. The molecule has 6 atom stereocenters. The number of fused-ring (bicyclic) bond motifs is 1. The van der Waals surface area contributed by atoms with Gasteiger partial charge in [0, 0.05) is 13.1 Å². The molecule has 3 heterocycles. The summed E-state index contributed by atoms with van der Waals surface area (Å²) < 4.78 is 6.37. The van der Waals surface area contributed by atoms with Gasteiger partial charge in [0.2, 0.25) is 17.7 Å². The number of aliphatic hydroxyl groups is 1. The van der Waals surface area contributed by atoms with Crippen LogP contribution in [0.15, 0.2) is 0 Å². The molecule has 0 saturated carbocycles. The second kappa shape index (κ2) is 9.86. The summed E-state index contributed by atoms with van der Waals surface area (Å²) in [5, 5.41) is 16.0. The number of aliphatic hydroxyl groups excluding tert-OH is 1. The van der Waals surface area contributed by atoms with Crippen LogP contribution in [0.1, 0.15) is 66.2 Å². The van der Waals surface area contributed by atoms with Gasteiger partial charge in [-0.1, -0.05) is 40.5 Å². The minimum absolute atomic E-state index is 0.0378. The topological polar surface area (TPSA) is 108 Å². The molecule has 0 aliphatic carbocycles. The van der Waals surface area contributed by atoms with Gasteiger partial charge in [-0.15, -0.1) is 0 Å². The van der Waals surface area contributed by atoms with E-state index in [-0.39, 0.29) is 36.4 Å². The molecule has 3 aliphatic heterocycles. The normalized spacial score (nSPS) is 32.5. The number of carbonyl (C=O) groups excluding carboxylic acids is 3. The number of rotatable bonds is 11. The van der Waals surface area contributed by atoms with Gasteiger partial charge >= 0.3 is 0 Å². The Hall–Kier alpha value is -1.67. The molecule has 176 valence electrons. The lowest BCUT2D eigenvalue weighted by atomic mass is 9.70. The van der Waals surface area contributed by atoms with Crippen molar-refractivity contribution in [2.24, 2.45) is 17.8 Å². The van der Waals surface area contributed by atoms with Crippen LogP contribution >= 0.6 is 0 Å². The molecule has 3 rings (SSSR count). The van der Waals surface area contributed by atoms with Crippen molar-refractivity contribution in [2.45, 2.75) is 90.0 Å². The van der Waals surface area contributed by atoms with Crippen molar-refractivity contribution in [1.82, 2.24) is 15.5 Å². The maximum Gasteiger partial charge on any atom is 0.245 e. The largest absolute Gasteiger partial charge is 0.394 e. The first-order valence-corrected chi connectivity index (χ1v) is 12.0. The summed E-state index contributed by atoms with van der Waals surface area (Å²) in [4.78, 5) is 41.7. The van der Waals surface area contributed by atoms with Crippen molar-refractivity contribution in [3.8, 4) is 0 Å². The highest BCUT2D eigenvalue weighted by atomic mass is 16.5. The van der Waals surface area contributed by atoms with E-state index in [4.69, 9.17) is 4.74 Å². The molecule has 0 aromatic heterocycles. The Morgan fingerprint density at radius 2 is 1.87 bits per heavy atom. The van der Waals surface area contributed by atoms with E-state index in [2.05, 4.69) is 17.6 Å².